The van der Waals surface area contributed by atoms with Gasteiger partial charge in [0.15, 0.2) is 0 Å². The molecular weight excluding hydrogens is 442 g/mol. The van der Waals surface area contributed by atoms with Gasteiger partial charge in [-0.05, 0) is 61.7 Å². The van der Waals surface area contributed by atoms with Crippen molar-refractivity contribution in [3.05, 3.63) is 82.7 Å². The second kappa shape index (κ2) is 8.66. The van der Waals surface area contributed by atoms with Crippen LogP contribution < -0.4 is 5.73 Å². The van der Waals surface area contributed by atoms with Gasteiger partial charge in [-0.2, -0.15) is 10.2 Å². The van der Waals surface area contributed by atoms with Gasteiger partial charge < -0.3 is 15.4 Å². The van der Waals surface area contributed by atoms with E-state index in [4.69, 9.17) is 10.5 Å². The molecule has 1 fully saturated rings. The molecule has 0 spiro atoms. The number of nitrogens with zero attached hydrogens (tertiary/aromatic N) is 6. The average Bonchev–Trinajstić information content (AvgIpc) is 3.62. The average molecular weight is 468 g/mol. The van der Waals surface area contributed by atoms with Crippen molar-refractivity contribution < 1.29 is 9.53 Å². The van der Waals surface area contributed by atoms with Gasteiger partial charge in [-0.1, -0.05) is 0 Å². The first-order valence-electron chi connectivity index (χ1n) is 11.8. The fourth-order valence-corrected chi connectivity index (χ4v) is 4.55. The first-order valence-corrected chi connectivity index (χ1v) is 11.8. The van der Waals surface area contributed by atoms with Crippen LogP contribution in [-0.4, -0.2) is 36.0 Å². The smallest absolute Gasteiger partial charge is 0.254 e. The van der Waals surface area contributed by atoms with Crippen LogP contribution in [0.2, 0.25) is 0 Å². The minimum atomic E-state index is -0.372. The number of nitrogen functional groups attached to an aromatic ring is 1. The molecule has 0 saturated heterocycles. The second-order valence-electron chi connectivity index (χ2n) is 9.12. The van der Waals surface area contributed by atoms with Crippen molar-refractivity contribution in [3.8, 4) is 0 Å². The SMILES string of the molecule is CC(c1ncccn1)N(Cc1ccc(C2CC2)nn1)C(=O)c1ccc2nc(N)c3c(c2c1)COC3. The number of carbonyl (C=O) groups is 1. The summed E-state index contributed by atoms with van der Waals surface area (Å²) >= 11 is 0. The molecule has 3 aromatic heterocycles. The Morgan fingerprint density at radius 2 is 1.91 bits per heavy atom. The summed E-state index contributed by atoms with van der Waals surface area (Å²) in [4.78, 5) is 28.9. The van der Waals surface area contributed by atoms with Crippen molar-refractivity contribution in [2.24, 2.45) is 0 Å². The first kappa shape index (κ1) is 21.5. The van der Waals surface area contributed by atoms with Crippen molar-refractivity contribution in [1.82, 2.24) is 30.0 Å². The number of hydrogen-bond acceptors (Lipinski definition) is 8. The van der Waals surface area contributed by atoms with E-state index in [9.17, 15) is 4.79 Å². The minimum Gasteiger partial charge on any atom is -0.383 e. The monoisotopic (exact) mass is 467 g/mol. The molecule has 1 atom stereocenters. The van der Waals surface area contributed by atoms with Gasteiger partial charge in [-0.15, -0.1) is 0 Å². The summed E-state index contributed by atoms with van der Waals surface area (Å²) in [5.74, 6) is 1.42. The molecule has 9 nitrogen and oxygen atoms in total. The molecule has 6 rings (SSSR count). The Morgan fingerprint density at radius 3 is 2.66 bits per heavy atom. The molecule has 176 valence electrons. The molecule has 1 aliphatic carbocycles. The lowest BCUT2D eigenvalue weighted by Gasteiger charge is -2.28. The number of benzene rings is 1. The summed E-state index contributed by atoms with van der Waals surface area (Å²) in [5, 5.41) is 9.69. The molecule has 1 aliphatic heterocycles. The number of hydrogen-bond donors (Lipinski definition) is 1. The van der Waals surface area contributed by atoms with Crippen molar-refractivity contribution >= 4 is 22.6 Å². The predicted molar refractivity (Wildman–Crippen MR) is 129 cm³/mol. The Labute approximate surface area is 202 Å². The van der Waals surface area contributed by atoms with Crippen molar-refractivity contribution in [3.63, 3.8) is 0 Å². The Bertz CT molecular complexity index is 1410. The second-order valence-corrected chi connectivity index (χ2v) is 9.12. The van der Waals surface area contributed by atoms with E-state index in [0.717, 1.165) is 46.3 Å². The lowest BCUT2D eigenvalue weighted by Crippen LogP contribution is -2.34. The van der Waals surface area contributed by atoms with Gasteiger partial charge >= 0.3 is 0 Å². The Hall–Kier alpha value is -3.98. The number of ether oxygens (including phenoxy) is 1. The molecule has 0 radical (unpaired) electrons. The van der Waals surface area contributed by atoms with E-state index in [1.165, 1.54) is 0 Å². The number of pyridine rings is 1. The predicted octanol–water partition coefficient (Wildman–Crippen LogP) is 3.71. The van der Waals surface area contributed by atoms with E-state index in [-0.39, 0.29) is 18.5 Å². The van der Waals surface area contributed by atoms with Crippen LogP contribution in [0.3, 0.4) is 0 Å². The molecule has 1 aromatic carbocycles. The summed E-state index contributed by atoms with van der Waals surface area (Å²) < 4.78 is 5.61. The van der Waals surface area contributed by atoms with Gasteiger partial charge in [-0.3, -0.25) is 4.79 Å². The largest absolute Gasteiger partial charge is 0.383 e. The molecule has 1 unspecified atom stereocenters. The van der Waals surface area contributed by atoms with E-state index >= 15 is 0 Å². The minimum absolute atomic E-state index is 0.149. The Morgan fingerprint density at radius 1 is 1.11 bits per heavy atom. The van der Waals surface area contributed by atoms with Gasteiger partial charge in [0.05, 0.1) is 42.7 Å². The van der Waals surface area contributed by atoms with Crippen LogP contribution in [0.15, 0.2) is 48.8 Å². The van der Waals surface area contributed by atoms with E-state index in [0.29, 0.717) is 36.3 Å². The number of amides is 1. The number of anilines is 1. The molecule has 2 aliphatic rings. The fourth-order valence-electron chi connectivity index (χ4n) is 4.55. The van der Waals surface area contributed by atoms with Crippen LogP contribution in [0, 0.1) is 0 Å². The maximum atomic E-state index is 13.9. The van der Waals surface area contributed by atoms with Crippen LogP contribution >= 0.6 is 0 Å². The Kier molecular flexibility index (Phi) is 5.33. The van der Waals surface area contributed by atoms with Crippen LogP contribution in [0.25, 0.3) is 10.9 Å². The molecule has 35 heavy (non-hydrogen) atoms. The zero-order valence-corrected chi connectivity index (χ0v) is 19.4. The lowest BCUT2D eigenvalue weighted by molar-refractivity contribution is 0.0663. The standard InChI is InChI=1S/C26H25N7O2/c1-15(25-28-9-2-10-29-25)33(12-18-6-8-22(32-31-18)16-3-4-16)26(34)17-5-7-23-19(11-17)20-13-35-14-21(20)24(27)30-23/h2,5-11,15-16H,3-4,12-14H2,1H3,(H2,27,30). The number of nitrogens with two attached hydrogens (primary N) is 1. The molecular formula is C26H25N7O2. The van der Waals surface area contributed by atoms with E-state index in [2.05, 4.69) is 25.1 Å². The van der Waals surface area contributed by atoms with Gasteiger partial charge in [-0.25, -0.2) is 15.0 Å². The molecule has 4 aromatic rings. The van der Waals surface area contributed by atoms with Gasteiger partial charge in [0.25, 0.3) is 5.91 Å². The Balaban J connectivity index is 1.37. The molecule has 2 N–H and O–H groups in total. The maximum absolute atomic E-state index is 13.9. The van der Waals surface area contributed by atoms with Gasteiger partial charge in [0, 0.05) is 34.8 Å². The topological polar surface area (TPSA) is 120 Å². The highest BCUT2D eigenvalue weighted by atomic mass is 16.5. The zero-order chi connectivity index (χ0) is 23.9. The summed E-state index contributed by atoms with van der Waals surface area (Å²) in [6.45, 7) is 3.10. The highest BCUT2D eigenvalue weighted by Crippen LogP contribution is 2.38. The van der Waals surface area contributed by atoms with Crippen LogP contribution in [0.1, 0.15) is 70.4 Å². The highest BCUT2D eigenvalue weighted by molar-refractivity contribution is 5.99. The third-order valence-electron chi connectivity index (χ3n) is 6.73. The number of carbonyl (C=O) groups excluding carboxylic acids is 1. The third kappa shape index (κ3) is 4.08. The first-order chi connectivity index (χ1) is 17.1. The molecule has 0 bridgehead atoms. The van der Waals surface area contributed by atoms with Crippen molar-refractivity contribution in [2.75, 3.05) is 5.73 Å². The van der Waals surface area contributed by atoms with Gasteiger partial charge in [0.2, 0.25) is 0 Å². The summed E-state index contributed by atoms with van der Waals surface area (Å²) in [7, 11) is 0. The molecule has 1 saturated carbocycles. The van der Waals surface area contributed by atoms with Crippen LogP contribution in [0.4, 0.5) is 5.82 Å². The number of fused-ring (bicyclic) bond motifs is 3. The van der Waals surface area contributed by atoms with E-state index in [1.807, 2.05) is 31.2 Å². The van der Waals surface area contributed by atoms with Crippen LogP contribution in [-0.2, 0) is 24.5 Å². The molecule has 4 heterocycles. The highest BCUT2D eigenvalue weighted by Gasteiger charge is 2.28. The zero-order valence-electron chi connectivity index (χ0n) is 19.4. The van der Waals surface area contributed by atoms with Crippen molar-refractivity contribution in [1.29, 1.82) is 0 Å². The quantitative estimate of drug-likeness (QED) is 0.456. The lowest BCUT2D eigenvalue weighted by atomic mass is 10.0. The summed E-state index contributed by atoms with van der Waals surface area (Å²) in [5.41, 5.74) is 11.0. The summed E-state index contributed by atoms with van der Waals surface area (Å²) in [6, 6.07) is 10.9. The normalized spacial score (nSPS) is 15.7. The van der Waals surface area contributed by atoms with Gasteiger partial charge in [0.1, 0.15) is 11.6 Å². The van der Waals surface area contributed by atoms with E-state index in [1.54, 1.807) is 29.4 Å². The molecule has 1 amide bonds. The maximum Gasteiger partial charge on any atom is 0.254 e. The summed E-state index contributed by atoms with van der Waals surface area (Å²) in [6.07, 6.45) is 5.69. The molecule has 9 heteroatoms. The number of rotatable bonds is 6. The van der Waals surface area contributed by atoms with E-state index < -0.39 is 0 Å². The van der Waals surface area contributed by atoms with Crippen LogP contribution in [0.5, 0.6) is 0 Å². The number of aromatic nitrogens is 5. The van der Waals surface area contributed by atoms with Crippen molar-refractivity contribution in [2.45, 2.75) is 51.5 Å². The fraction of sp³-hybridized carbons (Fsp3) is 0.308. The third-order valence-corrected chi connectivity index (χ3v) is 6.73.